The summed E-state index contributed by atoms with van der Waals surface area (Å²) < 4.78 is 49.6. The number of rotatable bonds is 8. The number of carboxylic acids is 1. The highest BCUT2D eigenvalue weighted by molar-refractivity contribution is 5.96. The Morgan fingerprint density at radius 2 is 1.55 bits per heavy atom. The lowest BCUT2D eigenvalue weighted by atomic mass is 9.70. The highest BCUT2D eigenvalue weighted by Gasteiger charge is 2.56. The zero-order valence-corrected chi connectivity index (χ0v) is 21.8. The van der Waals surface area contributed by atoms with Gasteiger partial charge in [-0.05, 0) is 42.5 Å². The molecular weight excluding hydrogens is 523 g/mol. The number of carbonyl (C=O) groups excluding carboxylic acids is 1. The van der Waals surface area contributed by atoms with E-state index in [-0.39, 0.29) is 28.5 Å². The van der Waals surface area contributed by atoms with E-state index in [4.69, 9.17) is 4.74 Å². The van der Waals surface area contributed by atoms with Crippen LogP contribution in [0.1, 0.15) is 54.1 Å². The first kappa shape index (κ1) is 27.5. The van der Waals surface area contributed by atoms with E-state index < -0.39 is 47.0 Å². The van der Waals surface area contributed by atoms with Crippen molar-refractivity contribution in [1.29, 1.82) is 0 Å². The van der Waals surface area contributed by atoms with Gasteiger partial charge in [-0.3, -0.25) is 4.79 Å². The minimum atomic E-state index is -1.41. The fourth-order valence-electron chi connectivity index (χ4n) is 6.11. The molecule has 4 N–H and O–H groups in total. The number of carboxylic acid groups (broad SMARTS) is 1. The van der Waals surface area contributed by atoms with Crippen LogP contribution < -0.4 is 16.0 Å². The molecule has 0 radical (unpaired) electrons. The van der Waals surface area contributed by atoms with Crippen LogP contribution in [-0.4, -0.2) is 29.8 Å². The Bertz CT molecular complexity index is 1380. The van der Waals surface area contributed by atoms with E-state index in [9.17, 15) is 27.9 Å². The Morgan fingerprint density at radius 1 is 0.925 bits per heavy atom. The number of nitrogens with one attached hydrogen (secondary N) is 3. The third-order valence-corrected chi connectivity index (χ3v) is 7.86. The van der Waals surface area contributed by atoms with E-state index in [0.29, 0.717) is 18.4 Å². The molecule has 1 amide bonds. The summed E-state index contributed by atoms with van der Waals surface area (Å²) in [5.41, 5.74) is -0.595. The number of hydrogen-bond donors (Lipinski definition) is 4. The molecule has 1 fully saturated rings. The molecule has 210 valence electrons. The summed E-state index contributed by atoms with van der Waals surface area (Å²) in [6.07, 6.45) is 3.36. The van der Waals surface area contributed by atoms with Crippen molar-refractivity contribution in [3.63, 3.8) is 0 Å². The summed E-state index contributed by atoms with van der Waals surface area (Å²) >= 11 is 0. The van der Waals surface area contributed by atoms with E-state index in [1.165, 1.54) is 19.2 Å². The van der Waals surface area contributed by atoms with Crippen LogP contribution in [0.5, 0.6) is 0 Å². The topological polar surface area (TPSA) is 99.7 Å². The normalized spacial score (nSPS) is 17.7. The first-order valence-corrected chi connectivity index (χ1v) is 13.2. The molecule has 3 aromatic rings. The third-order valence-electron chi connectivity index (χ3n) is 7.86. The van der Waals surface area contributed by atoms with Gasteiger partial charge in [0.1, 0.15) is 11.9 Å². The molecule has 2 aliphatic rings. The van der Waals surface area contributed by atoms with Gasteiger partial charge in [-0.25, -0.2) is 18.0 Å². The molecule has 2 atom stereocenters. The third kappa shape index (κ3) is 5.11. The lowest BCUT2D eigenvalue weighted by Gasteiger charge is -2.46. The Kier molecular flexibility index (Phi) is 7.71. The highest BCUT2D eigenvalue weighted by atomic mass is 19.2. The second kappa shape index (κ2) is 11.2. The van der Waals surface area contributed by atoms with Gasteiger partial charge >= 0.3 is 5.97 Å². The maximum absolute atomic E-state index is 14.9. The molecule has 5 rings (SSSR count). The van der Waals surface area contributed by atoms with Crippen molar-refractivity contribution in [3.05, 3.63) is 89.2 Å². The number of amides is 1. The average molecular weight is 554 g/mol. The molecule has 40 heavy (non-hydrogen) atoms. The van der Waals surface area contributed by atoms with Crippen molar-refractivity contribution in [1.82, 2.24) is 0 Å². The van der Waals surface area contributed by atoms with E-state index in [0.717, 1.165) is 37.5 Å². The Hall–Kier alpha value is -4.05. The second-order valence-electron chi connectivity index (χ2n) is 10.3. The van der Waals surface area contributed by atoms with Gasteiger partial charge in [0, 0.05) is 19.2 Å². The molecule has 0 aromatic heterocycles. The molecule has 7 nitrogen and oxygen atoms in total. The van der Waals surface area contributed by atoms with Gasteiger partial charge in [-0.15, -0.1) is 0 Å². The Morgan fingerprint density at radius 3 is 2.10 bits per heavy atom. The first-order chi connectivity index (χ1) is 19.2. The number of carbonyl (C=O) groups is 2. The maximum Gasteiger partial charge on any atom is 0.335 e. The zero-order chi connectivity index (χ0) is 28.4. The smallest absolute Gasteiger partial charge is 0.335 e. The lowest BCUT2D eigenvalue weighted by Crippen LogP contribution is -2.60. The molecule has 1 aliphatic heterocycles. The molecule has 1 aliphatic carbocycles. The number of halogens is 3. The van der Waals surface area contributed by atoms with E-state index in [1.807, 2.05) is 30.3 Å². The van der Waals surface area contributed by atoms with Gasteiger partial charge in [0.25, 0.3) is 0 Å². The quantitative estimate of drug-likeness (QED) is 0.252. The first-order valence-electron chi connectivity index (χ1n) is 13.2. The van der Waals surface area contributed by atoms with Gasteiger partial charge in [-0.2, -0.15) is 0 Å². The van der Waals surface area contributed by atoms with Crippen LogP contribution in [0, 0.1) is 29.3 Å². The lowest BCUT2D eigenvalue weighted by molar-refractivity contribution is -0.126. The molecule has 1 heterocycles. The summed E-state index contributed by atoms with van der Waals surface area (Å²) in [4.78, 5) is 25.5. The molecule has 1 saturated carbocycles. The van der Waals surface area contributed by atoms with Crippen LogP contribution >= 0.6 is 0 Å². The largest absolute Gasteiger partial charge is 0.478 e. The number of ether oxygens (including phenoxy) is 1. The summed E-state index contributed by atoms with van der Waals surface area (Å²) in [5.74, 6) is -5.92. The van der Waals surface area contributed by atoms with Crippen molar-refractivity contribution >= 4 is 28.9 Å². The standard InChI is InChI=1S/C30H30F3N3O4/c1-40-27(18-10-6-3-7-11-18)30(35-24-15-20(31)21(32)16-25(24)36-30)26(17-8-4-2-5-9-17)28(37)34-23-13-12-19(29(38)39)14-22(23)33/h3,6-7,10-17,26-27,35-36H,2,4-5,8-9H2,1H3,(H,34,37)(H,38,39)/t26-,27?/m1/s1. The summed E-state index contributed by atoms with van der Waals surface area (Å²) in [7, 11) is 1.49. The van der Waals surface area contributed by atoms with Crippen LogP contribution in [0.25, 0.3) is 0 Å². The summed E-state index contributed by atoms with van der Waals surface area (Å²) in [6.45, 7) is 0. The van der Waals surface area contributed by atoms with Crippen molar-refractivity contribution in [2.24, 2.45) is 11.8 Å². The SMILES string of the molecule is COC(c1ccccc1)C1([C@@H](C(=O)Nc2ccc(C(=O)O)cc2F)C2CCCCC2)Nc2cc(F)c(F)cc2N1. The molecule has 10 heteroatoms. The van der Waals surface area contributed by atoms with Crippen LogP contribution in [0.15, 0.2) is 60.7 Å². The van der Waals surface area contributed by atoms with E-state index in [1.54, 1.807) is 0 Å². The van der Waals surface area contributed by atoms with E-state index >= 15 is 0 Å². The van der Waals surface area contributed by atoms with Crippen molar-refractivity contribution < 1.29 is 32.6 Å². The predicted octanol–water partition coefficient (Wildman–Crippen LogP) is 6.56. The van der Waals surface area contributed by atoms with E-state index in [2.05, 4.69) is 16.0 Å². The Balaban J connectivity index is 1.63. The fraction of sp³-hybridized carbons (Fsp3) is 0.333. The van der Waals surface area contributed by atoms with Crippen molar-refractivity contribution in [2.45, 2.75) is 43.9 Å². The Labute approximate surface area is 229 Å². The molecule has 1 unspecified atom stereocenters. The summed E-state index contributed by atoms with van der Waals surface area (Å²) in [5, 5.41) is 18.5. The highest BCUT2D eigenvalue weighted by Crippen LogP contribution is 2.50. The molecular formula is C30H30F3N3O4. The number of methoxy groups -OCH3 is 1. The maximum atomic E-state index is 14.9. The fourth-order valence-corrected chi connectivity index (χ4v) is 6.11. The van der Waals surface area contributed by atoms with Crippen LogP contribution in [-0.2, 0) is 9.53 Å². The molecule has 3 aromatic carbocycles. The summed E-state index contributed by atoms with van der Waals surface area (Å²) in [6, 6.07) is 14.5. The van der Waals surface area contributed by atoms with Crippen molar-refractivity contribution in [2.75, 3.05) is 23.1 Å². The number of fused-ring (bicyclic) bond motifs is 1. The van der Waals surface area contributed by atoms with Gasteiger partial charge in [0.05, 0.1) is 28.5 Å². The monoisotopic (exact) mass is 553 g/mol. The van der Waals surface area contributed by atoms with Crippen LogP contribution in [0.4, 0.5) is 30.2 Å². The van der Waals surface area contributed by atoms with Crippen LogP contribution in [0.2, 0.25) is 0 Å². The molecule has 0 saturated heterocycles. The van der Waals surface area contributed by atoms with Gasteiger partial charge in [0.15, 0.2) is 17.3 Å². The number of hydrogen-bond acceptors (Lipinski definition) is 5. The van der Waals surface area contributed by atoms with Crippen molar-refractivity contribution in [3.8, 4) is 0 Å². The predicted molar refractivity (Wildman–Crippen MR) is 145 cm³/mol. The minimum absolute atomic E-state index is 0.174. The second-order valence-corrected chi connectivity index (χ2v) is 10.3. The number of aromatic carboxylic acids is 1. The zero-order valence-electron chi connectivity index (χ0n) is 21.8. The average Bonchev–Trinajstić information content (AvgIpc) is 3.29. The minimum Gasteiger partial charge on any atom is -0.478 e. The number of anilines is 3. The van der Waals surface area contributed by atoms with Gasteiger partial charge in [0.2, 0.25) is 5.91 Å². The molecule has 0 bridgehead atoms. The van der Waals surface area contributed by atoms with Gasteiger partial charge < -0.3 is 25.8 Å². The number of benzene rings is 3. The van der Waals surface area contributed by atoms with Gasteiger partial charge in [-0.1, -0.05) is 49.6 Å². The van der Waals surface area contributed by atoms with Crippen LogP contribution in [0.3, 0.4) is 0 Å². The molecule has 0 spiro atoms.